The predicted octanol–water partition coefficient (Wildman–Crippen LogP) is -0.569. The molecule has 62 valence electrons. The highest BCUT2D eigenvalue weighted by molar-refractivity contribution is 5.45. The van der Waals surface area contributed by atoms with Crippen molar-refractivity contribution in [2.75, 3.05) is 11.9 Å². The van der Waals surface area contributed by atoms with Crippen molar-refractivity contribution in [1.82, 2.24) is 0 Å². The summed E-state index contributed by atoms with van der Waals surface area (Å²) in [6.07, 6.45) is 0. The van der Waals surface area contributed by atoms with Gasteiger partial charge >= 0.3 is 0 Å². The van der Waals surface area contributed by atoms with Crippen LogP contribution in [0, 0.1) is 6.92 Å². The first-order valence-electron chi connectivity index (χ1n) is 3.63. The van der Waals surface area contributed by atoms with Crippen LogP contribution in [0.2, 0.25) is 0 Å². The lowest BCUT2D eigenvalue weighted by atomic mass is 10.2. The Hall–Kier alpha value is -0.690. The van der Waals surface area contributed by atoms with Crippen LogP contribution >= 0.6 is 0 Å². The van der Waals surface area contributed by atoms with Gasteiger partial charge in [-0.2, -0.15) is 0 Å². The molecule has 0 heterocycles. The van der Waals surface area contributed by atoms with Crippen molar-refractivity contribution < 1.29 is 12.4 Å². The molecule has 0 saturated carbocycles. The molecule has 0 aliphatic carbocycles. The summed E-state index contributed by atoms with van der Waals surface area (Å²) in [6.45, 7) is 5.19. The summed E-state index contributed by atoms with van der Waals surface area (Å²) in [4.78, 5) is 0. The molecule has 0 amide bonds. The number of rotatable bonds is 2. The van der Waals surface area contributed by atoms with Crippen LogP contribution in [0.15, 0.2) is 24.3 Å². The Kier molecular flexibility index (Phi) is 4.71. The third kappa shape index (κ3) is 3.28. The Morgan fingerprint density at radius 1 is 1.36 bits per heavy atom. The second-order valence-corrected chi connectivity index (χ2v) is 2.40. The highest BCUT2D eigenvalue weighted by Gasteiger charge is 1.87. The summed E-state index contributed by atoms with van der Waals surface area (Å²) in [5, 5.41) is 3.25. The standard InChI is InChI=1S/C9H13N.ClH/c1-3-10-9-6-4-5-8(2)7-9;/h4-7,10H,3H2,1-2H3;1H/p-1. The maximum Gasteiger partial charge on any atom is 0.0342 e. The van der Waals surface area contributed by atoms with E-state index in [0.717, 1.165) is 6.54 Å². The van der Waals surface area contributed by atoms with E-state index < -0.39 is 0 Å². The van der Waals surface area contributed by atoms with E-state index in [1.165, 1.54) is 11.3 Å². The van der Waals surface area contributed by atoms with E-state index in [2.05, 4.69) is 43.4 Å². The number of hydrogen-bond donors (Lipinski definition) is 1. The van der Waals surface area contributed by atoms with E-state index >= 15 is 0 Å². The Morgan fingerprint density at radius 3 is 2.64 bits per heavy atom. The zero-order valence-electron chi connectivity index (χ0n) is 6.89. The zero-order valence-corrected chi connectivity index (χ0v) is 7.65. The summed E-state index contributed by atoms with van der Waals surface area (Å²) in [6, 6.07) is 8.38. The van der Waals surface area contributed by atoms with Crippen molar-refractivity contribution in [3.8, 4) is 0 Å². The molecule has 0 spiro atoms. The van der Waals surface area contributed by atoms with Gasteiger partial charge in [-0.15, -0.1) is 0 Å². The molecule has 0 aliphatic rings. The molecule has 1 N–H and O–H groups in total. The van der Waals surface area contributed by atoms with Crippen molar-refractivity contribution in [3.63, 3.8) is 0 Å². The fraction of sp³-hybridized carbons (Fsp3) is 0.333. The first kappa shape index (κ1) is 10.3. The van der Waals surface area contributed by atoms with Crippen molar-refractivity contribution in [3.05, 3.63) is 29.8 Å². The lowest BCUT2D eigenvalue weighted by Gasteiger charge is -2.02. The van der Waals surface area contributed by atoms with Crippen LogP contribution in [0.5, 0.6) is 0 Å². The summed E-state index contributed by atoms with van der Waals surface area (Å²) in [5.41, 5.74) is 2.51. The van der Waals surface area contributed by atoms with Crippen molar-refractivity contribution >= 4 is 5.69 Å². The number of nitrogens with one attached hydrogen (secondary N) is 1. The molecule has 1 rings (SSSR count). The quantitative estimate of drug-likeness (QED) is 0.627. The van der Waals surface area contributed by atoms with Gasteiger partial charge in [0.2, 0.25) is 0 Å². The van der Waals surface area contributed by atoms with Crippen LogP contribution in [0.1, 0.15) is 12.5 Å². The maximum atomic E-state index is 3.25. The molecule has 1 aromatic carbocycles. The van der Waals surface area contributed by atoms with Gasteiger partial charge in [0, 0.05) is 12.2 Å². The molecule has 1 nitrogen and oxygen atoms in total. The molecule has 0 aliphatic heterocycles. The molecule has 0 fully saturated rings. The van der Waals surface area contributed by atoms with Gasteiger partial charge in [0.15, 0.2) is 0 Å². The van der Waals surface area contributed by atoms with Gasteiger partial charge in [-0.1, -0.05) is 12.1 Å². The maximum absolute atomic E-state index is 3.25. The SMILES string of the molecule is CCNc1cccc(C)c1.[Cl-]. The smallest absolute Gasteiger partial charge is 0.0342 e. The number of anilines is 1. The molecule has 0 saturated heterocycles. The van der Waals surface area contributed by atoms with E-state index in [4.69, 9.17) is 0 Å². The van der Waals surface area contributed by atoms with Gasteiger partial charge in [-0.25, -0.2) is 0 Å². The van der Waals surface area contributed by atoms with Crippen LogP contribution in [0.3, 0.4) is 0 Å². The van der Waals surface area contributed by atoms with Crippen molar-refractivity contribution in [2.24, 2.45) is 0 Å². The first-order valence-corrected chi connectivity index (χ1v) is 3.63. The van der Waals surface area contributed by atoms with Crippen molar-refractivity contribution in [1.29, 1.82) is 0 Å². The van der Waals surface area contributed by atoms with E-state index in [-0.39, 0.29) is 12.4 Å². The Morgan fingerprint density at radius 2 is 2.09 bits per heavy atom. The molecule has 11 heavy (non-hydrogen) atoms. The fourth-order valence-electron chi connectivity index (χ4n) is 0.959. The minimum Gasteiger partial charge on any atom is -1.00 e. The molecule has 0 unspecified atom stereocenters. The van der Waals surface area contributed by atoms with Gasteiger partial charge in [0.25, 0.3) is 0 Å². The molecule has 0 aromatic heterocycles. The second kappa shape index (κ2) is 5.03. The summed E-state index contributed by atoms with van der Waals surface area (Å²) in [7, 11) is 0. The Labute approximate surface area is 74.2 Å². The van der Waals surface area contributed by atoms with Gasteiger partial charge in [-0.05, 0) is 31.5 Å². The summed E-state index contributed by atoms with van der Waals surface area (Å²) >= 11 is 0. The number of benzene rings is 1. The Bertz CT molecular complexity index is 210. The zero-order chi connectivity index (χ0) is 7.40. The summed E-state index contributed by atoms with van der Waals surface area (Å²) < 4.78 is 0. The van der Waals surface area contributed by atoms with Gasteiger partial charge in [0.1, 0.15) is 0 Å². The molecule has 0 radical (unpaired) electrons. The van der Waals surface area contributed by atoms with Gasteiger partial charge < -0.3 is 17.7 Å². The number of halogens is 1. The fourth-order valence-corrected chi connectivity index (χ4v) is 0.959. The molecule has 0 atom stereocenters. The van der Waals surface area contributed by atoms with E-state index in [9.17, 15) is 0 Å². The topological polar surface area (TPSA) is 12.0 Å². The van der Waals surface area contributed by atoms with Gasteiger partial charge in [0.05, 0.1) is 0 Å². The first-order chi connectivity index (χ1) is 4.83. The second-order valence-electron chi connectivity index (χ2n) is 2.40. The third-order valence-corrected chi connectivity index (χ3v) is 1.40. The molecule has 0 bridgehead atoms. The number of aryl methyl sites for hydroxylation is 1. The highest BCUT2D eigenvalue weighted by Crippen LogP contribution is 2.08. The molecule has 2 heteroatoms. The predicted molar refractivity (Wildman–Crippen MR) is 45.3 cm³/mol. The van der Waals surface area contributed by atoms with E-state index in [0.29, 0.717) is 0 Å². The Balaban J connectivity index is 0.000001000. The average molecular weight is 171 g/mol. The van der Waals surface area contributed by atoms with Crippen LogP contribution in [-0.4, -0.2) is 6.54 Å². The third-order valence-electron chi connectivity index (χ3n) is 1.40. The van der Waals surface area contributed by atoms with Crippen LogP contribution < -0.4 is 17.7 Å². The monoisotopic (exact) mass is 170 g/mol. The van der Waals surface area contributed by atoms with E-state index in [1.807, 2.05) is 0 Å². The minimum absolute atomic E-state index is 0. The lowest BCUT2D eigenvalue weighted by Crippen LogP contribution is -3.00. The largest absolute Gasteiger partial charge is 1.00 e. The molecular formula is C9H13ClN-. The van der Waals surface area contributed by atoms with Crippen molar-refractivity contribution in [2.45, 2.75) is 13.8 Å². The molecular weight excluding hydrogens is 158 g/mol. The number of hydrogen-bond acceptors (Lipinski definition) is 1. The van der Waals surface area contributed by atoms with Gasteiger partial charge in [-0.3, -0.25) is 0 Å². The minimum atomic E-state index is 0. The average Bonchev–Trinajstić information content (AvgIpc) is 1.88. The molecule has 1 aromatic rings. The van der Waals surface area contributed by atoms with Crippen LogP contribution in [0.25, 0.3) is 0 Å². The van der Waals surface area contributed by atoms with Crippen LogP contribution in [-0.2, 0) is 0 Å². The lowest BCUT2D eigenvalue weighted by molar-refractivity contribution is -0.00000218. The summed E-state index contributed by atoms with van der Waals surface area (Å²) in [5.74, 6) is 0. The van der Waals surface area contributed by atoms with Crippen LogP contribution in [0.4, 0.5) is 5.69 Å². The van der Waals surface area contributed by atoms with E-state index in [1.54, 1.807) is 0 Å². The highest BCUT2D eigenvalue weighted by atomic mass is 35.5. The normalized spacial score (nSPS) is 8.55.